The second-order valence-electron chi connectivity index (χ2n) is 4.00. The van der Waals surface area contributed by atoms with Crippen molar-refractivity contribution in [1.82, 2.24) is 5.32 Å². The first-order valence-corrected chi connectivity index (χ1v) is 6.59. The van der Waals surface area contributed by atoms with Crippen molar-refractivity contribution in [2.24, 2.45) is 0 Å². The highest BCUT2D eigenvalue weighted by Crippen LogP contribution is 2.03. The zero-order chi connectivity index (χ0) is 14.1. The van der Waals surface area contributed by atoms with Gasteiger partial charge in [0.05, 0.1) is 6.54 Å². The van der Waals surface area contributed by atoms with Gasteiger partial charge >= 0.3 is 0 Å². The predicted molar refractivity (Wildman–Crippen MR) is 76.3 cm³/mol. The van der Waals surface area contributed by atoms with Crippen LogP contribution in [0.2, 0.25) is 0 Å². The minimum Gasteiger partial charge on any atom is -0.345 e. The van der Waals surface area contributed by atoms with Crippen LogP contribution in [-0.2, 0) is 4.79 Å². The molecule has 0 aliphatic carbocycles. The maximum atomic E-state index is 11.3. The molecule has 0 radical (unpaired) electrons. The summed E-state index contributed by atoms with van der Waals surface area (Å²) in [4.78, 5) is 22.3. The van der Waals surface area contributed by atoms with E-state index in [1.54, 1.807) is 24.3 Å². The lowest BCUT2D eigenvalue weighted by Crippen LogP contribution is -2.23. The van der Waals surface area contributed by atoms with Crippen LogP contribution < -0.4 is 5.32 Å². The van der Waals surface area contributed by atoms with E-state index >= 15 is 0 Å². The summed E-state index contributed by atoms with van der Waals surface area (Å²) in [6.45, 7) is 1.84. The Bertz CT molecular complexity index is 497. The highest BCUT2D eigenvalue weighted by atomic mass is 35.5. The third-order valence-corrected chi connectivity index (χ3v) is 2.70. The van der Waals surface area contributed by atoms with Gasteiger partial charge in [0.15, 0.2) is 5.78 Å². The average molecular weight is 278 g/mol. The Balaban J connectivity index is 2.41. The van der Waals surface area contributed by atoms with Crippen LogP contribution in [0, 0.1) is 11.8 Å². The van der Waals surface area contributed by atoms with E-state index in [4.69, 9.17) is 11.6 Å². The van der Waals surface area contributed by atoms with Crippen LogP contribution in [0.3, 0.4) is 0 Å². The van der Waals surface area contributed by atoms with Crippen LogP contribution in [0.15, 0.2) is 24.3 Å². The quantitative estimate of drug-likeness (QED) is 0.510. The van der Waals surface area contributed by atoms with E-state index in [-0.39, 0.29) is 11.7 Å². The minimum absolute atomic E-state index is 0.0334. The molecular weight excluding hydrogens is 262 g/mol. The molecule has 0 saturated heterocycles. The lowest BCUT2D eigenvalue weighted by molar-refractivity contribution is -0.120. The van der Waals surface area contributed by atoms with Gasteiger partial charge in [0, 0.05) is 23.4 Å². The lowest BCUT2D eigenvalue weighted by atomic mass is 10.1. The van der Waals surface area contributed by atoms with Crippen molar-refractivity contribution < 1.29 is 9.59 Å². The average Bonchev–Trinajstić information content (AvgIpc) is 2.41. The molecule has 0 atom stereocenters. The molecule has 0 aliphatic rings. The zero-order valence-electron chi connectivity index (χ0n) is 10.8. The number of carbonyl (C=O) groups excluding carboxylic acids is 2. The molecule has 0 unspecified atom stereocenters. The van der Waals surface area contributed by atoms with Crippen molar-refractivity contribution in [3.05, 3.63) is 35.4 Å². The molecule has 0 aliphatic heterocycles. The normalized spacial score (nSPS) is 9.37. The number of hydrogen-bond donors (Lipinski definition) is 1. The van der Waals surface area contributed by atoms with Gasteiger partial charge in [0.2, 0.25) is 5.91 Å². The maximum absolute atomic E-state index is 11.3. The van der Waals surface area contributed by atoms with E-state index in [0.29, 0.717) is 30.8 Å². The molecule has 0 aromatic heterocycles. The summed E-state index contributed by atoms with van der Waals surface area (Å²) in [6, 6.07) is 7.06. The maximum Gasteiger partial charge on any atom is 0.220 e. The van der Waals surface area contributed by atoms with Crippen LogP contribution in [0.25, 0.3) is 0 Å². The van der Waals surface area contributed by atoms with Crippen molar-refractivity contribution in [2.75, 3.05) is 12.4 Å². The number of halogens is 1. The molecule has 1 amide bonds. The molecule has 0 spiro atoms. The Labute approximate surface area is 118 Å². The van der Waals surface area contributed by atoms with Gasteiger partial charge in [-0.05, 0) is 25.5 Å². The molecule has 3 nitrogen and oxygen atoms in total. The van der Waals surface area contributed by atoms with Crippen LogP contribution >= 0.6 is 11.6 Å². The molecule has 0 heterocycles. The Kier molecular flexibility index (Phi) is 6.70. The molecule has 1 aromatic carbocycles. The second kappa shape index (κ2) is 8.34. The molecule has 1 aromatic rings. The summed E-state index contributed by atoms with van der Waals surface area (Å²) in [5, 5.41) is 2.69. The fourth-order valence-electron chi connectivity index (χ4n) is 1.39. The summed E-state index contributed by atoms with van der Waals surface area (Å²) >= 11 is 5.49. The van der Waals surface area contributed by atoms with E-state index in [9.17, 15) is 9.59 Å². The van der Waals surface area contributed by atoms with Crippen molar-refractivity contribution in [1.29, 1.82) is 0 Å². The third kappa shape index (κ3) is 6.08. The van der Waals surface area contributed by atoms with Crippen molar-refractivity contribution in [2.45, 2.75) is 19.8 Å². The number of nitrogens with one attached hydrogen (secondary N) is 1. The molecule has 1 rings (SSSR count). The fraction of sp³-hybridized carbons (Fsp3) is 0.333. The number of rotatable bonds is 5. The SMILES string of the molecule is CC(=O)c1ccc(C#CCNC(=O)CCCCl)cc1. The van der Waals surface area contributed by atoms with E-state index in [1.165, 1.54) is 6.92 Å². The number of alkyl halides is 1. The molecular formula is C15H16ClNO2. The fourth-order valence-corrected chi connectivity index (χ4v) is 1.53. The first-order chi connectivity index (χ1) is 9.13. The van der Waals surface area contributed by atoms with Crippen molar-refractivity contribution in [3.8, 4) is 11.8 Å². The number of amides is 1. The highest BCUT2D eigenvalue weighted by Gasteiger charge is 1.98. The van der Waals surface area contributed by atoms with Gasteiger partial charge in [-0.1, -0.05) is 24.0 Å². The Hall–Kier alpha value is -1.79. The van der Waals surface area contributed by atoms with Crippen LogP contribution in [-0.4, -0.2) is 24.1 Å². The first-order valence-electron chi connectivity index (χ1n) is 6.06. The van der Waals surface area contributed by atoms with Crippen LogP contribution in [0.4, 0.5) is 0 Å². The number of hydrogen-bond acceptors (Lipinski definition) is 2. The number of ketones is 1. The summed E-state index contributed by atoms with van der Waals surface area (Å²) < 4.78 is 0. The van der Waals surface area contributed by atoms with Gasteiger partial charge in [0.25, 0.3) is 0 Å². The van der Waals surface area contributed by atoms with E-state index in [0.717, 1.165) is 5.56 Å². The molecule has 19 heavy (non-hydrogen) atoms. The van der Waals surface area contributed by atoms with Gasteiger partial charge in [0.1, 0.15) is 0 Å². The molecule has 4 heteroatoms. The summed E-state index contributed by atoms with van der Waals surface area (Å²) in [5.41, 5.74) is 1.49. The van der Waals surface area contributed by atoms with Crippen LogP contribution in [0.1, 0.15) is 35.7 Å². The zero-order valence-corrected chi connectivity index (χ0v) is 11.6. The Morgan fingerprint density at radius 3 is 2.53 bits per heavy atom. The van der Waals surface area contributed by atoms with Gasteiger partial charge in [-0.25, -0.2) is 0 Å². The molecule has 0 saturated carbocycles. The van der Waals surface area contributed by atoms with E-state index < -0.39 is 0 Å². The van der Waals surface area contributed by atoms with Crippen LogP contribution in [0.5, 0.6) is 0 Å². The highest BCUT2D eigenvalue weighted by molar-refractivity contribution is 6.17. The van der Waals surface area contributed by atoms with Crippen molar-refractivity contribution >= 4 is 23.3 Å². The lowest BCUT2D eigenvalue weighted by Gasteiger charge is -1.98. The Morgan fingerprint density at radius 1 is 1.26 bits per heavy atom. The standard InChI is InChI=1S/C15H16ClNO2/c1-12(18)14-8-6-13(7-9-14)4-3-11-17-15(19)5-2-10-16/h6-9H,2,5,10-11H2,1H3,(H,17,19). The first kappa shape index (κ1) is 15.3. The summed E-state index contributed by atoms with van der Waals surface area (Å²) in [6.07, 6.45) is 1.10. The topological polar surface area (TPSA) is 46.2 Å². The predicted octanol–water partition coefficient (Wildman–Crippen LogP) is 2.38. The van der Waals surface area contributed by atoms with Gasteiger partial charge in [-0.15, -0.1) is 11.6 Å². The molecule has 0 bridgehead atoms. The Morgan fingerprint density at radius 2 is 1.95 bits per heavy atom. The summed E-state index contributed by atoms with van der Waals surface area (Å²) in [5.74, 6) is 6.26. The second-order valence-corrected chi connectivity index (χ2v) is 4.38. The van der Waals surface area contributed by atoms with E-state index in [2.05, 4.69) is 17.2 Å². The summed E-state index contributed by atoms with van der Waals surface area (Å²) in [7, 11) is 0. The molecule has 100 valence electrons. The van der Waals surface area contributed by atoms with Gasteiger partial charge in [-0.2, -0.15) is 0 Å². The van der Waals surface area contributed by atoms with E-state index in [1.807, 2.05) is 0 Å². The largest absolute Gasteiger partial charge is 0.345 e. The monoisotopic (exact) mass is 277 g/mol. The number of Topliss-reactive ketones (excluding diaryl/α,β-unsaturated/α-hetero) is 1. The third-order valence-electron chi connectivity index (χ3n) is 2.44. The molecule has 1 N–H and O–H groups in total. The minimum atomic E-state index is -0.0399. The number of benzene rings is 1. The number of carbonyl (C=O) groups is 2. The van der Waals surface area contributed by atoms with Gasteiger partial charge in [-0.3, -0.25) is 9.59 Å². The van der Waals surface area contributed by atoms with Gasteiger partial charge < -0.3 is 5.32 Å². The smallest absolute Gasteiger partial charge is 0.220 e. The molecule has 0 fully saturated rings. The van der Waals surface area contributed by atoms with Crippen molar-refractivity contribution in [3.63, 3.8) is 0 Å².